The van der Waals surface area contributed by atoms with E-state index in [0.29, 0.717) is 31.8 Å². The van der Waals surface area contributed by atoms with Gasteiger partial charge in [0.2, 0.25) is 10.0 Å². The Morgan fingerprint density at radius 3 is 2.34 bits per heavy atom. The van der Waals surface area contributed by atoms with Gasteiger partial charge in [-0.3, -0.25) is 4.79 Å². The van der Waals surface area contributed by atoms with Crippen molar-refractivity contribution in [2.75, 3.05) is 26.7 Å². The minimum Gasteiger partial charge on any atom is -0.490 e. The van der Waals surface area contributed by atoms with Gasteiger partial charge in [0.05, 0.1) is 4.90 Å². The fourth-order valence-corrected chi connectivity index (χ4v) is 4.42. The molecule has 0 fully saturated rings. The van der Waals surface area contributed by atoms with E-state index in [2.05, 4.69) is 6.58 Å². The number of nitrogens with zero attached hydrogens (tertiary/aromatic N) is 2. The predicted molar refractivity (Wildman–Crippen MR) is 114 cm³/mol. The van der Waals surface area contributed by atoms with E-state index in [4.69, 9.17) is 4.74 Å². The van der Waals surface area contributed by atoms with Crippen LogP contribution in [-0.4, -0.2) is 50.3 Å². The van der Waals surface area contributed by atoms with Gasteiger partial charge in [-0.1, -0.05) is 44.7 Å². The highest BCUT2D eigenvalue weighted by molar-refractivity contribution is 7.89. The standard InChI is InChI=1S/C22H28N2O4S/c1-5-15-28-20-13-11-18(12-14-20)17-23(4)22(25)19-9-8-10-21(16-19)29(26,27)24(6-2)7-3/h5,8-14,16H,1,6-7,15,17H2,2-4H3. The van der Waals surface area contributed by atoms with Crippen LogP contribution in [0.5, 0.6) is 5.75 Å². The molecule has 0 spiro atoms. The van der Waals surface area contributed by atoms with Crippen LogP contribution in [0.25, 0.3) is 0 Å². The van der Waals surface area contributed by atoms with Gasteiger partial charge in [0.1, 0.15) is 12.4 Å². The lowest BCUT2D eigenvalue weighted by atomic mass is 10.1. The van der Waals surface area contributed by atoms with Crippen LogP contribution in [0.3, 0.4) is 0 Å². The number of amides is 1. The molecule has 6 nitrogen and oxygen atoms in total. The minimum atomic E-state index is -3.61. The highest BCUT2D eigenvalue weighted by Crippen LogP contribution is 2.19. The molecule has 0 N–H and O–H groups in total. The van der Waals surface area contributed by atoms with Crippen LogP contribution < -0.4 is 4.74 Å². The number of ether oxygens (including phenoxy) is 1. The van der Waals surface area contributed by atoms with Crippen molar-refractivity contribution in [2.24, 2.45) is 0 Å². The van der Waals surface area contributed by atoms with Crippen LogP contribution in [0.15, 0.2) is 66.1 Å². The number of benzene rings is 2. The van der Waals surface area contributed by atoms with Gasteiger partial charge in [-0.15, -0.1) is 0 Å². The normalized spacial score (nSPS) is 11.3. The quantitative estimate of drug-likeness (QED) is 0.556. The summed E-state index contributed by atoms with van der Waals surface area (Å²) in [7, 11) is -1.92. The SMILES string of the molecule is C=CCOc1ccc(CN(C)C(=O)c2cccc(S(=O)(=O)N(CC)CC)c2)cc1. The van der Waals surface area contributed by atoms with Gasteiger partial charge >= 0.3 is 0 Å². The Morgan fingerprint density at radius 2 is 1.76 bits per heavy atom. The maximum atomic E-state index is 12.8. The molecule has 2 rings (SSSR count). The molecule has 1 amide bonds. The summed E-state index contributed by atoms with van der Waals surface area (Å²) in [5.41, 5.74) is 1.28. The molecular formula is C22H28N2O4S. The molecule has 2 aromatic rings. The van der Waals surface area contributed by atoms with E-state index in [0.717, 1.165) is 11.3 Å². The molecule has 0 aliphatic carbocycles. The molecule has 2 aromatic carbocycles. The molecule has 7 heteroatoms. The van der Waals surface area contributed by atoms with Crippen LogP contribution >= 0.6 is 0 Å². The van der Waals surface area contributed by atoms with Crippen molar-refractivity contribution in [1.29, 1.82) is 0 Å². The third kappa shape index (κ3) is 5.68. The van der Waals surface area contributed by atoms with Crippen molar-refractivity contribution in [3.63, 3.8) is 0 Å². The molecule has 0 saturated carbocycles. The fourth-order valence-electron chi connectivity index (χ4n) is 2.91. The Kier molecular flexibility index (Phi) is 7.99. The maximum absolute atomic E-state index is 12.8. The summed E-state index contributed by atoms with van der Waals surface area (Å²) in [6, 6.07) is 13.7. The molecule has 0 aromatic heterocycles. The van der Waals surface area contributed by atoms with Crippen molar-refractivity contribution in [3.05, 3.63) is 72.3 Å². The second-order valence-corrected chi connectivity index (χ2v) is 8.46. The third-order valence-corrected chi connectivity index (χ3v) is 6.53. The van der Waals surface area contributed by atoms with Gasteiger partial charge in [0, 0.05) is 32.2 Å². The summed E-state index contributed by atoms with van der Waals surface area (Å²) in [6.45, 7) is 8.78. The van der Waals surface area contributed by atoms with Crippen LogP contribution in [-0.2, 0) is 16.6 Å². The van der Waals surface area contributed by atoms with Gasteiger partial charge in [0.15, 0.2) is 0 Å². The first-order valence-electron chi connectivity index (χ1n) is 9.51. The lowest BCUT2D eigenvalue weighted by Gasteiger charge is -2.20. The molecule has 0 heterocycles. The largest absolute Gasteiger partial charge is 0.490 e. The van der Waals surface area contributed by atoms with E-state index in [1.54, 1.807) is 44.0 Å². The van der Waals surface area contributed by atoms with E-state index in [9.17, 15) is 13.2 Å². The number of carbonyl (C=O) groups is 1. The highest BCUT2D eigenvalue weighted by atomic mass is 32.2. The predicted octanol–water partition coefficient (Wildman–Crippen LogP) is 3.55. The molecular weight excluding hydrogens is 388 g/mol. The van der Waals surface area contributed by atoms with Crippen LogP contribution in [0.2, 0.25) is 0 Å². The second-order valence-electron chi connectivity index (χ2n) is 6.52. The molecule has 0 aliphatic rings. The summed E-state index contributed by atoms with van der Waals surface area (Å²) < 4.78 is 32.3. The third-order valence-electron chi connectivity index (χ3n) is 4.48. The zero-order chi connectivity index (χ0) is 21.4. The topological polar surface area (TPSA) is 66.9 Å². The molecule has 0 aliphatic heterocycles. The van der Waals surface area contributed by atoms with Gasteiger partial charge in [0.25, 0.3) is 5.91 Å². The summed E-state index contributed by atoms with van der Waals surface area (Å²) >= 11 is 0. The van der Waals surface area contributed by atoms with Crippen LogP contribution in [0, 0.1) is 0 Å². The molecule has 0 bridgehead atoms. The minimum absolute atomic E-state index is 0.129. The van der Waals surface area contributed by atoms with E-state index in [1.165, 1.54) is 16.4 Å². The molecule has 0 radical (unpaired) electrons. The smallest absolute Gasteiger partial charge is 0.253 e. The second kappa shape index (κ2) is 10.2. The highest BCUT2D eigenvalue weighted by Gasteiger charge is 2.23. The molecule has 0 unspecified atom stereocenters. The lowest BCUT2D eigenvalue weighted by molar-refractivity contribution is 0.0785. The molecule has 0 saturated heterocycles. The van der Waals surface area contributed by atoms with Crippen molar-refractivity contribution in [3.8, 4) is 5.75 Å². The van der Waals surface area contributed by atoms with Crippen molar-refractivity contribution in [2.45, 2.75) is 25.3 Å². The van der Waals surface area contributed by atoms with Crippen molar-refractivity contribution in [1.82, 2.24) is 9.21 Å². The summed E-state index contributed by atoms with van der Waals surface area (Å²) in [5.74, 6) is 0.491. The Bertz CT molecular complexity index is 936. The molecule has 156 valence electrons. The maximum Gasteiger partial charge on any atom is 0.253 e. The Hall–Kier alpha value is -2.64. The van der Waals surface area contributed by atoms with E-state index in [1.807, 2.05) is 24.3 Å². The number of hydrogen-bond donors (Lipinski definition) is 0. The summed E-state index contributed by atoms with van der Waals surface area (Å²) in [6.07, 6.45) is 1.68. The van der Waals surface area contributed by atoms with Crippen LogP contribution in [0.4, 0.5) is 0 Å². The monoisotopic (exact) mass is 416 g/mol. The van der Waals surface area contributed by atoms with E-state index >= 15 is 0 Å². The molecule has 29 heavy (non-hydrogen) atoms. The van der Waals surface area contributed by atoms with Gasteiger partial charge in [-0.05, 0) is 35.9 Å². The zero-order valence-electron chi connectivity index (χ0n) is 17.2. The van der Waals surface area contributed by atoms with Gasteiger partial charge < -0.3 is 9.64 Å². The first-order valence-corrected chi connectivity index (χ1v) is 11.0. The Labute approximate surface area is 173 Å². The Morgan fingerprint density at radius 1 is 1.10 bits per heavy atom. The van der Waals surface area contributed by atoms with Crippen LogP contribution in [0.1, 0.15) is 29.8 Å². The fraction of sp³-hybridized carbons (Fsp3) is 0.318. The number of carbonyl (C=O) groups excluding carboxylic acids is 1. The van der Waals surface area contributed by atoms with Crippen molar-refractivity contribution >= 4 is 15.9 Å². The average Bonchev–Trinajstić information content (AvgIpc) is 2.73. The summed E-state index contributed by atoms with van der Waals surface area (Å²) in [4.78, 5) is 14.5. The number of rotatable bonds is 10. The Balaban J connectivity index is 2.14. The van der Waals surface area contributed by atoms with Crippen molar-refractivity contribution < 1.29 is 17.9 Å². The van der Waals surface area contributed by atoms with E-state index in [-0.39, 0.29) is 10.8 Å². The van der Waals surface area contributed by atoms with Gasteiger partial charge in [-0.2, -0.15) is 4.31 Å². The average molecular weight is 417 g/mol. The van der Waals surface area contributed by atoms with Gasteiger partial charge in [-0.25, -0.2) is 8.42 Å². The molecule has 0 atom stereocenters. The first-order chi connectivity index (χ1) is 13.8. The number of hydrogen-bond acceptors (Lipinski definition) is 4. The van der Waals surface area contributed by atoms with E-state index < -0.39 is 10.0 Å². The first kappa shape index (κ1) is 22.6. The zero-order valence-corrected chi connectivity index (χ0v) is 18.0. The lowest BCUT2D eigenvalue weighted by Crippen LogP contribution is -2.31. The number of sulfonamides is 1. The summed E-state index contributed by atoms with van der Waals surface area (Å²) in [5, 5.41) is 0.